The summed E-state index contributed by atoms with van der Waals surface area (Å²) in [6.45, 7) is 0. The van der Waals surface area contributed by atoms with E-state index in [2.05, 4.69) is 20.6 Å². The summed E-state index contributed by atoms with van der Waals surface area (Å²) in [6.07, 6.45) is 0. The van der Waals surface area contributed by atoms with Gasteiger partial charge in [0.25, 0.3) is 0 Å². The lowest BCUT2D eigenvalue weighted by molar-refractivity contribution is -0.113. The minimum absolute atomic E-state index is 0.0394. The van der Waals surface area contributed by atoms with E-state index >= 15 is 0 Å². The van der Waals surface area contributed by atoms with Crippen molar-refractivity contribution in [3.8, 4) is 11.3 Å². The second-order valence-corrected chi connectivity index (χ2v) is 6.89. The number of thioether (sulfide) groups is 1. The molecule has 2 aromatic carbocycles. The number of carbonyl (C=O) groups excluding carboxylic acids is 1. The van der Waals surface area contributed by atoms with Crippen LogP contribution in [0.4, 0.5) is 18.9 Å². The van der Waals surface area contributed by atoms with Crippen molar-refractivity contribution in [2.75, 3.05) is 11.1 Å². The van der Waals surface area contributed by atoms with Crippen LogP contribution >= 0.6 is 11.8 Å². The lowest BCUT2D eigenvalue weighted by Gasteiger charge is -2.05. The SMILES string of the molecule is O=C(CSc1nnc2ccc(-c3ccc(F)cc3)nn12)Nc1ccc(F)c(F)c1. The third-order valence-electron chi connectivity index (χ3n) is 3.91. The Balaban J connectivity index is 1.48. The predicted octanol–water partition coefficient (Wildman–Crippen LogP) is 3.94. The van der Waals surface area contributed by atoms with Gasteiger partial charge in [0.2, 0.25) is 11.1 Å². The highest BCUT2D eigenvalue weighted by Gasteiger charge is 2.12. The van der Waals surface area contributed by atoms with Crippen LogP contribution in [-0.4, -0.2) is 31.5 Å². The third kappa shape index (κ3) is 4.21. The van der Waals surface area contributed by atoms with Crippen molar-refractivity contribution < 1.29 is 18.0 Å². The molecule has 0 radical (unpaired) electrons. The number of hydrogen-bond donors (Lipinski definition) is 1. The van der Waals surface area contributed by atoms with Crippen LogP contribution in [0.25, 0.3) is 16.9 Å². The van der Waals surface area contributed by atoms with Crippen molar-refractivity contribution >= 4 is 29.0 Å². The van der Waals surface area contributed by atoms with Crippen LogP contribution in [0.2, 0.25) is 0 Å². The molecule has 2 heterocycles. The quantitative estimate of drug-likeness (QED) is 0.500. The number of halogens is 3. The molecule has 0 saturated carbocycles. The van der Waals surface area contributed by atoms with Gasteiger partial charge in [-0.1, -0.05) is 11.8 Å². The second-order valence-electron chi connectivity index (χ2n) is 5.94. The van der Waals surface area contributed by atoms with Crippen LogP contribution in [0.1, 0.15) is 0 Å². The number of rotatable bonds is 5. The number of amides is 1. The van der Waals surface area contributed by atoms with E-state index in [1.165, 1.54) is 22.7 Å². The van der Waals surface area contributed by atoms with Crippen LogP contribution in [0.5, 0.6) is 0 Å². The number of fused-ring (bicyclic) bond motifs is 1. The van der Waals surface area contributed by atoms with E-state index in [-0.39, 0.29) is 17.3 Å². The average molecular weight is 415 g/mol. The van der Waals surface area contributed by atoms with Gasteiger partial charge in [-0.05, 0) is 48.5 Å². The Hall–Kier alpha value is -3.40. The Labute approximate surface area is 166 Å². The van der Waals surface area contributed by atoms with E-state index in [1.807, 2.05) is 0 Å². The summed E-state index contributed by atoms with van der Waals surface area (Å²) in [5.74, 6) is -2.84. The zero-order chi connectivity index (χ0) is 20.4. The maximum absolute atomic E-state index is 13.2. The Morgan fingerprint density at radius 2 is 1.76 bits per heavy atom. The first-order chi connectivity index (χ1) is 14.0. The molecule has 1 amide bonds. The fourth-order valence-corrected chi connectivity index (χ4v) is 3.22. The highest BCUT2D eigenvalue weighted by Crippen LogP contribution is 2.21. The van der Waals surface area contributed by atoms with E-state index in [9.17, 15) is 18.0 Å². The predicted molar refractivity (Wildman–Crippen MR) is 102 cm³/mol. The molecule has 0 aliphatic heterocycles. The first-order valence-electron chi connectivity index (χ1n) is 8.36. The van der Waals surface area contributed by atoms with Crippen molar-refractivity contribution in [2.45, 2.75) is 5.16 Å². The number of carbonyl (C=O) groups is 1. The lowest BCUT2D eigenvalue weighted by atomic mass is 10.1. The average Bonchev–Trinajstić information content (AvgIpc) is 3.12. The molecule has 0 aliphatic rings. The minimum Gasteiger partial charge on any atom is -0.325 e. The maximum atomic E-state index is 13.2. The van der Waals surface area contributed by atoms with Gasteiger partial charge in [-0.25, -0.2) is 13.2 Å². The summed E-state index contributed by atoms with van der Waals surface area (Å²) >= 11 is 1.08. The van der Waals surface area contributed by atoms with Crippen LogP contribution < -0.4 is 5.32 Å². The molecular weight excluding hydrogens is 403 g/mol. The maximum Gasteiger partial charge on any atom is 0.234 e. The number of anilines is 1. The molecule has 0 fully saturated rings. The summed E-state index contributed by atoms with van der Waals surface area (Å²) in [6, 6.07) is 12.4. The van der Waals surface area contributed by atoms with Gasteiger partial charge < -0.3 is 5.32 Å². The molecule has 146 valence electrons. The molecule has 0 spiro atoms. The Kier molecular flexibility index (Phi) is 5.17. The summed E-state index contributed by atoms with van der Waals surface area (Å²) in [5, 5.41) is 15.3. The third-order valence-corrected chi connectivity index (χ3v) is 4.83. The molecule has 0 unspecified atom stereocenters. The number of nitrogens with one attached hydrogen (secondary N) is 1. The zero-order valence-electron chi connectivity index (χ0n) is 14.6. The van der Waals surface area contributed by atoms with Gasteiger partial charge in [0.1, 0.15) is 5.82 Å². The van der Waals surface area contributed by atoms with Crippen molar-refractivity contribution in [3.63, 3.8) is 0 Å². The van der Waals surface area contributed by atoms with E-state index in [0.29, 0.717) is 22.1 Å². The van der Waals surface area contributed by atoms with E-state index in [0.717, 1.165) is 23.9 Å². The molecule has 2 aromatic heterocycles. The molecule has 4 aromatic rings. The molecule has 0 aliphatic carbocycles. The topological polar surface area (TPSA) is 72.2 Å². The van der Waals surface area contributed by atoms with Gasteiger partial charge in [0, 0.05) is 17.3 Å². The Bertz CT molecular complexity index is 1200. The summed E-state index contributed by atoms with van der Waals surface area (Å²) < 4.78 is 40.8. The van der Waals surface area contributed by atoms with Gasteiger partial charge in [0.05, 0.1) is 11.4 Å². The standard InChI is InChI=1S/C19H12F3N5OS/c20-12-3-1-11(2-4-12)16-7-8-17-24-25-19(27(17)26-16)29-10-18(28)23-13-5-6-14(21)15(22)9-13/h1-9H,10H2,(H,23,28). The largest absolute Gasteiger partial charge is 0.325 e. The van der Waals surface area contributed by atoms with Crippen molar-refractivity contribution in [1.82, 2.24) is 19.8 Å². The molecule has 0 bridgehead atoms. The highest BCUT2D eigenvalue weighted by atomic mass is 32.2. The first-order valence-corrected chi connectivity index (χ1v) is 9.34. The number of benzene rings is 2. The molecule has 0 saturated heterocycles. The van der Waals surface area contributed by atoms with Crippen LogP contribution in [-0.2, 0) is 4.79 Å². The molecule has 1 N–H and O–H groups in total. The smallest absolute Gasteiger partial charge is 0.234 e. The molecule has 6 nitrogen and oxygen atoms in total. The van der Waals surface area contributed by atoms with Gasteiger partial charge in [-0.2, -0.15) is 9.61 Å². The molecule has 4 rings (SSSR count). The second kappa shape index (κ2) is 7.92. The fraction of sp³-hybridized carbons (Fsp3) is 0.0526. The first kappa shape index (κ1) is 18.9. The normalized spacial score (nSPS) is 11.0. The number of hydrogen-bond acceptors (Lipinski definition) is 5. The van der Waals surface area contributed by atoms with E-state index in [4.69, 9.17) is 0 Å². The van der Waals surface area contributed by atoms with Gasteiger partial charge >= 0.3 is 0 Å². The van der Waals surface area contributed by atoms with Crippen molar-refractivity contribution in [1.29, 1.82) is 0 Å². The zero-order valence-corrected chi connectivity index (χ0v) is 15.5. The monoisotopic (exact) mass is 415 g/mol. The number of nitrogens with zero attached hydrogens (tertiary/aromatic N) is 4. The van der Waals surface area contributed by atoms with Crippen LogP contribution in [0.15, 0.2) is 59.8 Å². The van der Waals surface area contributed by atoms with Gasteiger partial charge in [-0.15, -0.1) is 10.2 Å². The van der Waals surface area contributed by atoms with Crippen molar-refractivity contribution in [2.24, 2.45) is 0 Å². The molecule has 0 atom stereocenters. The van der Waals surface area contributed by atoms with Gasteiger partial charge in [0.15, 0.2) is 17.3 Å². The summed E-state index contributed by atoms with van der Waals surface area (Å²) in [5.41, 5.74) is 1.94. The van der Waals surface area contributed by atoms with Crippen LogP contribution in [0.3, 0.4) is 0 Å². The highest BCUT2D eigenvalue weighted by molar-refractivity contribution is 7.99. The van der Waals surface area contributed by atoms with Crippen LogP contribution in [0, 0.1) is 17.5 Å². The molecular formula is C19H12F3N5OS. The van der Waals surface area contributed by atoms with E-state index < -0.39 is 17.5 Å². The Morgan fingerprint density at radius 1 is 0.966 bits per heavy atom. The Morgan fingerprint density at radius 3 is 2.52 bits per heavy atom. The fourth-order valence-electron chi connectivity index (χ4n) is 2.53. The molecule has 29 heavy (non-hydrogen) atoms. The summed E-state index contributed by atoms with van der Waals surface area (Å²) in [7, 11) is 0. The summed E-state index contributed by atoms with van der Waals surface area (Å²) in [4.78, 5) is 12.1. The van der Waals surface area contributed by atoms with Gasteiger partial charge in [-0.3, -0.25) is 4.79 Å². The lowest BCUT2D eigenvalue weighted by Crippen LogP contribution is -2.14. The molecule has 10 heteroatoms. The van der Waals surface area contributed by atoms with E-state index in [1.54, 1.807) is 24.3 Å². The number of aromatic nitrogens is 4. The van der Waals surface area contributed by atoms with Crippen molar-refractivity contribution in [3.05, 3.63) is 72.0 Å². The minimum atomic E-state index is -1.04.